The Morgan fingerprint density at radius 3 is 2.80 bits per heavy atom. The van der Waals surface area contributed by atoms with Crippen LogP contribution in [0.3, 0.4) is 0 Å². The minimum atomic E-state index is 0.0126. The van der Waals surface area contributed by atoms with Gasteiger partial charge in [0.25, 0.3) is 0 Å². The Morgan fingerprint density at radius 2 is 2.20 bits per heavy atom. The lowest BCUT2D eigenvalue weighted by atomic mass is 10.0. The molecule has 15 heavy (non-hydrogen) atoms. The number of nitrogens with zero attached hydrogens (tertiary/aromatic N) is 2. The smallest absolute Gasteiger partial charge is 0.209 e. The first-order valence-electron chi connectivity index (χ1n) is 4.93. The molecule has 0 bridgehead atoms. The van der Waals surface area contributed by atoms with Crippen molar-refractivity contribution in [1.82, 2.24) is 5.01 Å². The van der Waals surface area contributed by atoms with E-state index in [1.165, 1.54) is 10.6 Å². The van der Waals surface area contributed by atoms with Crippen LogP contribution in [-0.2, 0) is 0 Å². The summed E-state index contributed by atoms with van der Waals surface area (Å²) in [7, 11) is 0. The van der Waals surface area contributed by atoms with Gasteiger partial charge in [0, 0.05) is 12.0 Å². The molecule has 0 saturated heterocycles. The SMILES string of the molecule is Cc1ccccc1C1=NN(C(=N)N)CC1. The number of hydrogen-bond acceptors (Lipinski definition) is 2. The maximum absolute atomic E-state index is 7.29. The first kappa shape index (κ1) is 9.71. The highest BCUT2D eigenvalue weighted by atomic mass is 15.5. The largest absolute Gasteiger partial charge is 0.369 e. The van der Waals surface area contributed by atoms with Crippen molar-refractivity contribution in [3.8, 4) is 0 Å². The third kappa shape index (κ3) is 1.83. The standard InChI is InChI=1S/C11H14N4/c1-8-4-2-3-5-9(8)10-6-7-15(14-10)11(12)13/h2-5H,6-7H2,1H3,(H3,12,13). The Bertz CT molecular complexity index is 422. The summed E-state index contributed by atoms with van der Waals surface area (Å²) in [5.41, 5.74) is 8.76. The summed E-state index contributed by atoms with van der Waals surface area (Å²) in [6.07, 6.45) is 0.852. The summed E-state index contributed by atoms with van der Waals surface area (Å²) < 4.78 is 0. The van der Waals surface area contributed by atoms with Crippen LogP contribution in [0.5, 0.6) is 0 Å². The topological polar surface area (TPSA) is 65.5 Å². The van der Waals surface area contributed by atoms with Gasteiger partial charge in [0.15, 0.2) is 0 Å². The van der Waals surface area contributed by atoms with Crippen LogP contribution in [-0.4, -0.2) is 23.2 Å². The molecule has 1 aliphatic heterocycles. The van der Waals surface area contributed by atoms with Crippen LogP contribution in [0, 0.1) is 12.3 Å². The molecule has 2 rings (SSSR count). The molecule has 0 radical (unpaired) electrons. The maximum atomic E-state index is 7.29. The molecule has 0 saturated carbocycles. The Balaban J connectivity index is 2.30. The first-order chi connectivity index (χ1) is 7.18. The van der Waals surface area contributed by atoms with Crippen LogP contribution in [0.2, 0.25) is 0 Å². The number of aryl methyl sites for hydroxylation is 1. The fourth-order valence-corrected chi connectivity index (χ4v) is 1.72. The Kier molecular flexibility index (Phi) is 2.41. The fourth-order valence-electron chi connectivity index (χ4n) is 1.72. The zero-order chi connectivity index (χ0) is 10.8. The number of rotatable bonds is 1. The first-order valence-corrected chi connectivity index (χ1v) is 4.93. The van der Waals surface area contributed by atoms with Crippen LogP contribution in [0.25, 0.3) is 0 Å². The van der Waals surface area contributed by atoms with E-state index in [-0.39, 0.29) is 5.96 Å². The molecule has 1 aliphatic rings. The van der Waals surface area contributed by atoms with Crippen molar-refractivity contribution in [2.45, 2.75) is 13.3 Å². The Labute approximate surface area is 88.9 Å². The predicted octanol–water partition coefficient (Wildman–Crippen LogP) is 1.30. The highest BCUT2D eigenvalue weighted by Gasteiger charge is 2.18. The van der Waals surface area contributed by atoms with E-state index in [1.807, 2.05) is 12.1 Å². The molecule has 78 valence electrons. The number of hydrazone groups is 1. The molecule has 0 unspecified atom stereocenters. The molecule has 1 aromatic rings. The van der Waals surface area contributed by atoms with E-state index in [0.29, 0.717) is 6.54 Å². The number of guanidine groups is 1. The van der Waals surface area contributed by atoms with E-state index in [1.54, 1.807) is 0 Å². The average molecular weight is 202 g/mol. The number of benzene rings is 1. The molecule has 4 nitrogen and oxygen atoms in total. The normalized spacial score (nSPS) is 15.3. The van der Waals surface area contributed by atoms with E-state index >= 15 is 0 Å². The van der Waals surface area contributed by atoms with Gasteiger partial charge in [-0.15, -0.1) is 0 Å². The maximum Gasteiger partial charge on any atom is 0.209 e. The van der Waals surface area contributed by atoms with Gasteiger partial charge in [0.1, 0.15) is 0 Å². The summed E-state index contributed by atoms with van der Waals surface area (Å²) >= 11 is 0. The van der Waals surface area contributed by atoms with Crippen molar-refractivity contribution in [1.29, 1.82) is 5.41 Å². The van der Waals surface area contributed by atoms with Gasteiger partial charge in [-0.25, -0.2) is 5.01 Å². The summed E-state index contributed by atoms with van der Waals surface area (Å²) in [6, 6.07) is 8.13. The van der Waals surface area contributed by atoms with Crippen molar-refractivity contribution in [2.24, 2.45) is 10.8 Å². The van der Waals surface area contributed by atoms with Gasteiger partial charge in [-0.05, 0) is 12.5 Å². The Morgan fingerprint density at radius 1 is 1.47 bits per heavy atom. The van der Waals surface area contributed by atoms with Gasteiger partial charge in [-0.2, -0.15) is 5.10 Å². The van der Waals surface area contributed by atoms with Gasteiger partial charge < -0.3 is 5.73 Å². The van der Waals surface area contributed by atoms with Crippen LogP contribution < -0.4 is 5.73 Å². The minimum absolute atomic E-state index is 0.0126. The summed E-state index contributed by atoms with van der Waals surface area (Å²) in [4.78, 5) is 0. The second-order valence-corrected chi connectivity index (χ2v) is 3.62. The van der Waals surface area contributed by atoms with Crippen LogP contribution in [0.15, 0.2) is 29.4 Å². The van der Waals surface area contributed by atoms with Crippen molar-refractivity contribution < 1.29 is 0 Å². The predicted molar refractivity (Wildman–Crippen MR) is 61.0 cm³/mol. The molecule has 0 aromatic heterocycles. The molecule has 0 atom stereocenters. The monoisotopic (exact) mass is 202 g/mol. The molecule has 4 heteroatoms. The number of hydrogen-bond donors (Lipinski definition) is 2. The van der Waals surface area contributed by atoms with E-state index in [0.717, 1.165) is 17.7 Å². The second kappa shape index (κ2) is 3.73. The summed E-state index contributed by atoms with van der Waals surface area (Å²) in [5, 5.41) is 13.1. The van der Waals surface area contributed by atoms with Crippen molar-refractivity contribution in [3.05, 3.63) is 35.4 Å². The van der Waals surface area contributed by atoms with Gasteiger partial charge in [-0.1, -0.05) is 24.3 Å². The zero-order valence-corrected chi connectivity index (χ0v) is 8.70. The lowest BCUT2D eigenvalue weighted by molar-refractivity contribution is 0.482. The highest BCUT2D eigenvalue weighted by Crippen LogP contribution is 2.16. The molecule has 0 amide bonds. The van der Waals surface area contributed by atoms with E-state index in [2.05, 4.69) is 24.2 Å². The average Bonchev–Trinajstić information content (AvgIpc) is 2.67. The van der Waals surface area contributed by atoms with Crippen molar-refractivity contribution in [2.75, 3.05) is 6.54 Å². The van der Waals surface area contributed by atoms with Crippen LogP contribution in [0.1, 0.15) is 17.5 Å². The summed E-state index contributed by atoms with van der Waals surface area (Å²) in [5.74, 6) is 0.0126. The molecule has 0 fully saturated rings. The zero-order valence-electron chi connectivity index (χ0n) is 8.70. The lowest BCUT2D eigenvalue weighted by Crippen LogP contribution is -2.29. The quantitative estimate of drug-likeness (QED) is 0.532. The molecule has 3 N–H and O–H groups in total. The number of nitrogens with two attached hydrogens (primary N) is 1. The molecular formula is C11H14N4. The molecule has 0 aliphatic carbocycles. The van der Waals surface area contributed by atoms with Gasteiger partial charge in [0.05, 0.1) is 12.3 Å². The van der Waals surface area contributed by atoms with Gasteiger partial charge >= 0.3 is 0 Å². The fraction of sp³-hybridized carbons (Fsp3) is 0.273. The van der Waals surface area contributed by atoms with Crippen molar-refractivity contribution >= 4 is 11.7 Å². The van der Waals surface area contributed by atoms with Gasteiger partial charge in [-0.3, -0.25) is 5.41 Å². The summed E-state index contributed by atoms with van der Waals surface area (Å²) in [6.45, 7) is 2.77. The van der Waals surface area contributed by atoms with Crippen molar-refractivity contribution in [3.63, 3.8) is 0 Å². The van der Waals surface area contributed by atoms with Crippen LogP contribution in [0.4, 0.5) is 0 Å². The highest BCUT2D eigenvalue weighted by molar-refractivity contribution is 6.03. The third-order valence-electron chi connectivity index (χ3n) is 2.54. The molecule has 0 spiro atoms. The molecular weight excluding hydrogens is 188 g/mol. The van der Waals surface area contributed by atoms with E-state index < -0.39 is 0 Å². The Hall–Kier alpha value is -1.84. The third-order valence-corrected chi connectivity index (χ3v) is 2.54. The second-order valence-electron chi connectivity index (χ2n) is 3.62. The van der Waals surface area contributed by atoms with E-state index in [4.69, 9.17) is 11.1 Å². The van der Waals surface area contributed by atoms with Crippen LogP contribution >= 0.6 is 0 Å². The minimum Gasteiger partial charge on any atom is -0.369 e. The number of nitrogens with one attached hydrogen (secondary N) is 1. The van der Waals surface area contributed by atoms with Gasteiger partial charge in [0.2, 0.25) is 5.96 Å². The molecule has 1 aromatic carbocycles. The van der Waals surface area contributed by atoms with E-state index in [9.17, 15) is 0 Å². The lowest BCUT2D eigenvalue weighted by Gasteiger charge is -2.08. The molecule has 1 heterocycles.